The number of aryl methyl sites for hydroxylation is 1. The zero-order valence-electron chi connectivity index (χ0n) is 15.4. The smallest absolute Gasteiger partial charge is 0.119 e. The largest absolute Gasteiger partial charge is 0.497 e. The number of para-hydroxylation sites is 1. The van der Waals surface area contributed by atoms with Crippen molar-refractivity contribution in [1.29, 1.82) is 0 Å². The summed E-state index contributed by atoms with van der Waals surface area (Å²) in [6.07, 6.45) is 4.67. The molecule has 0 aliphatic heterocycles. The number of nitrogens with zero attached hydrogens (tertiary/aromatic N) is 1. The van der Waals surface area contributed by atoms with E-state index in [1.807, 2.05) is 30.3 Å². The van der Waals surface area contributed by atoms with Gasteiger partial charge in [0.1, 0.15) is 18.1 Å². The van der Waals surface area contributed by atoms with Crippen LogP contribution in [-0.4, -0.2) is 37.7 Å². The van der Waals surface area contributed by atoms with Crippen LogP contribution in [0.4, 0.5) is 0 Å². The van der Waals surface area contributed by atoms with Gasteiger partial charge in [0, 0.05) is 12.6 Å². The SMILES string of the molecule is CCCN(CCOc1ccccc1)C1CCc2ccc(OC)cc2C1. The molecule has 2 aromatic carbocycles. The van der Waals surface area contributed by atoms with Gasteiger partial charge in [0.25, 0.3) is 0 Å². The van der Waals surface area contributed by atoms with E-state index >= 15 is 0 Å². The summed E-state index contributed by atoms with van der Waals surface area (Å²) in [7, 11) is 1.74. The van der Waals surface area contributed by atoms with Crippen LogP contribution < -0.4 is 9.47 Å². The maximum absolute atomic E-state index is 5.92. The molecule has 1 unspecified atom stereocenters. The van der Waals surface area contributed by atoms with Crippen molar-refractivity contribution >= 4 is 0 Å². The number of hydrogen-bond acceptors (Lipinski definition) is 3. The standard InChI is InChI=1S/C22H29NO2/c1-3-13-23(14-15-25-21-7-5-4-6-8-21)20-11-9-18-10-12-22(24-2)17-19(18)16-20/h4-8,10,12,17,20H,3,9,11,13-16H2,1-2H3. The van der Waals surface area contributed by atoms with Crippen LogP contribution in [0.2, 0.25) is 0 Å². The van der Waals surface area contributed by atoms with E-state index in [0.717, 1.165) is 44.0 Å². The van der Waals surface area contributed by atoms with E-state index < -0.39 is 0 Å². The minimum atomic E-state index is 0.596. The quantitative estimate of drug-likeness (QED) is 0.714. The molecule has 0 radical (unpaired) electrons. The minimum Gasteiger partial charge on any atom is -0.497 e. The van der Waals surface area contributed by atoms with Crippen LogP contribution in [0.3, 0.4) is 0 Å². The van der Waals surface area contributed by atoms with Crippen molar-refractivity contribution < 1.29 is 9.47 Å². The molecule has 0 spiro atoms. The Morgan fingerprint density at radius 2 is 1.84 bits per heavy atom. The molecule has 0 saturated carbocycles. The average Bonchev–Trinajstić information content (AvgIpc) is 2.67. The molecule has 0 bridgehead atoms. The van der Waals surface area contributed by atoms with Crippen molar-refractivity contribution in [2.45, 2.75) is 38.6 Å². The van der Waals surface area contributed by atoms with E-state index in [1.54, 1.807) is 7.11 Å². The maximum Gasteiger partial charge on any atom is 0.119 e. The van der Waals surface area contributed by atoms with E-state index in [-0.39, 0.29) is 0 Å². The summed E-state index contributed by atoms with van der Waals surface area (Å²) in [5.41, 5.74) is 2.93. The first-order chi connectivity index (χ1) is 12.3. The lowest BCUT2D eigenvalue weighted by molar-refractivity contribution is 0.147. The predicted octanol–water partition coefficient (Wildman–Crippen LogP) is 4.34. The number of hydrogen-bond donors (Lipinski definition) is 0. The van der Waals surface area contributed by atoms with Crippen LogP contribution in [0.15, 0.2) is 48.5 Å². The van der Waals surface area contributed by atoms with Crippen LogP contribution in [0.1, 0.15) is 30.9 Å². The van der Waals surface area contributed by atoms with Gasteiger partial charge < -0.3 is 9.47 Å². The third kappa shape index (κ3) is 4.76. The van der Waals surface area contributed by atoms with Gasteiger partial charge in [0.2, 0.25) is 0 Å². The van der Waals surface area contributed by atoms with Crippen molar-refractivity contribution in [2.75, 3.05) is 26.8 Å². The molecule has 0 fully saturated rings. The average molecular weight is 339 g/mol. The Balaban J connectivity index is 1.60. The molecule has 1 atom stereocenters. The highest BCUT2D eigenvalue weighted by molar-refractivity contribution is 5.38. The maximum atomic E-state index is 5.92. The van der Waals surface area contributed by atoms with E-state index in [1.165, 1.54) is 24.0 Å². The van der Waals surface area contributed by atoms with Crippen molar-refractivity contribution in [2.24, 2.45) is 0 Å². The Labute approximate surface area is 151 Å². The molecule has 1 aliphatic carbocycles. The lowest BCUT2D eigenvalue weighted by atomic mass is 9.87. The van der Waals surface area contributed by atoms with Gasteiger partial charge in [-0.3, -0.25) is 4.90 Å². The molecule has 0 amide bonds. The molecule has 25 heavy (non-hydrogen) atoms. The second-order valence-electron chi connectivity index (χ2n) is 6.73. The highest BCUT2D eigenvalue weighted by Gasteiger charge is 2.24. The molecular formula is C22H29NO2. The predicted molar refractivity (Wildman–Crippen MR) is 103 cm³/mol. The lowest BCUT2D eigenvalue weighted by Gasteiger charge is -2.35. The number of benzene rings is 2. The van der Waals surface area contributed by atoms with Crippen LogP contribution in [0, 0.1) is 0 Å². The van der Waals surface area contributed by atoms with Gasteiger partial charge in [-0.15, -0.1) is 0 Å². The van der Waals surface area contributed by atoms with Gasteiger partial charge in [0.05, 0.1) is 7.11 Å². The molecule has 0 N–H and O–H groups in total. The van der Waals surface area contributed by atoms with Gasteiger partial charge in [-0.05, 0) is 67.6 Å². The first kappa shape index (κ1) is 17.8. The Morgan fingerprint density at radius 3 is 2.60 bits per heavy atom. The summed E-state index contributed by atoms with van der Waals surface area (Å²) < 4.78 is 11.3. The van der Waals surface area contributed by atoms with Crippen molar-refractivity contribution in [3.8, 4) is 11.5 Å². The molecular weight excluding hydrogens is 310 g/mol. The van der Waals surface area contributed by atoms with E-state index in [4.69, 9.17) is 9.47 Å². The summed E-state index contributed by atoms with van der Waals surface area (Å²) >= 11 is 0. The van der Waals surface area contributed by atoms with Crippen molar-refractivity contribution in [1.82, 2.24) is 4.90 Å². The third-order valence-corrected chi connectivity index (χ3v) is 5.03. The van der Waals surface area contributed by atoms with Crippen LogP contribution in [0.5, 0.6) is 11.5 Å². The van der Waals surface area contributed by atoms with E-state index in [9.17, 15) is 0 Å². The summed E-state index contributed by atoms with van der Waals surface area (Å²) in [6, 6.07) is 17.2. The molecule has 3 rings (SSSR count). The third-order valence-electron chi connectivity index (χ3n) is 5.03. The zero-order chi connectivity index (χ0) is 17.5. The number of methoxy groups -OCH3 is 1. The molecule has 0 heterocycles. The Kier molecular flexibility index (Phi) is 6.35. The van der Waals surface area contributed by atoms with Gasteiger partial charge in [-0.2, -0.15) is 0 Å². The Hall–Kier alpha value is -2.00. The van der Waals surface area contributed by atoms with Crippen molar-refractivity contribution in [3.63, 3.8) is 0 Å². The lowest BCUT2D eigenvalue weighted by Crippen LogP contribution is -2.42. The van der Waals surface area contributed by atoms with Crippen LogP contribution in [0.25, 0.3) is 0 Å². The number of ether oxygens (including phenoxy) is 2. The molecule has 0 saturated heterocycles. The number of fused-ring (bicyclic) bond motifs is 1. The topological polar surface area (TPSA) is 21.7 Å². The Morgan fingerprint density at radius 1 is 1.00 bits per heavy atom. The number of rotatable bonds is 8. The molecule has 134 valence electrons. The second-order valence-corrected chi connectivity index (χ2v) is 6.73. The summed E-state index contributed by atoms with van der Waals surface area (Å²) in [6.45, 7) is 5.10. The summed E-state index contributed by atoms with van der Waals surface area (Å²) in [5, 5.41) is 0. The first-order valence-corrected chi connectivity index (χ1v) is 9.38. The molecule has 0 aromatic heterocycles. The van der Waals surface area contributed by atoms with Gasteiger partial charge in [-0.1, -0.05) is 31.2 Å². The molecule has 2 aromatic rings. The Bertz CT molecular complexity index is 656. The zero-order valence-corrected chi connectivity index (χ0v) is 15.4. The molecule has 3 nitrogen and oxygen atoms in total. The van der Waals surface area contributed by atoms with Crippen LogP contribution >= 0.6 is 0 Å². The van der Waals surface area contributed by atoms with E-state index in [0.29, 0.717) is 6.04 Å². The first-order valence-electron chi connectivity index (χ1n) is 9.38. The normalized spacial score (nSPS) is 16.5. The fourth-order valence-electron chi connectivity index (χ4n) is 3.71. The highest BCUT2D eigenvalue weighted by atomic mass is 16.5. The highest BCUT2D eigenvalue weighted by Crippen LogP contribution is 2.28. The summed E-state index contributed by atoms with van der Waals surface area (Å²) in [5.74, 6) is 1.92. The van der Waals surface area contributed by atoms with Gasteiger partial charge >= 0.3 is 0 Å². The van der Waals surface area contributed by atoms with E-state index in [2.05, 4.69) is 30.0 Å². The fraction of sp³-hybridized carbons (Fsp3) is 0.455. The minimum absolute atomic E-state index is 0.596. The van der Waals surface area contributed by atoms with Gasteiger partial charge in [-0.25, -0.2) is 0 Å². The fourth-order valence-corrected chi connectivity index (χ4v) is 3.71. The van der Waals surface area contributed by atoms with Crippen molar-refractivity contribution in [3.05, 3.63) is 59.7 Å². The molecule has 1 aliphatic rings. The van der Waals surface area contributed by atoms with Gasteiger partial charge in [0.15, 0.2) is 0 Å². The molecule has 3 heteroatoms. The monoisotopic (exact) mass is 339 g/mol. The summed E-state index contributed by atoms with van der Waals surface area (Å²) in [4.78, 5) is 2.60. The second kappa shape index (κ2) is 8.91. The van der Waals surface area contributed by atoms with Crippen LogP contribution in [-0.2, 0) is 12.8 Å².